The molecular weight excluding hydrogens is 472 g/mol. The highest BCUT2D eigenvalue weighted by Crippen LogP contribution is 2.34. The summed E-state index contributed by atoms with van der Waals surface area (Å²) < 4.78 is 8.25. The lowest BCUT2D eigenvalue weighted by atomic mass is 9.88. The molecule has 7 nitrogen and oxygen atoms in total. The first-order valence-electron chi connectivity index (χ1n) is 12.7. The van der Waals surface area contributed by atoms with Gasteiger partial charge in [-0.15, -0.1) is 0 Å². The van der Waals surface area contributed by atoms with Gasteiger partial charge in [-0.2, -0.15) is 5.10 Å². The maximum atomic E-state index is 6.43. The molecule has 0 saturated carbocycles. The van der Waals surface area contributed by atoms with E-state index < -0.39 is 0 Å². The minimum atomic E-state index is 0.00792. The second kappa shape index (κ2) is 9.34. The number of hydrogen-bond acceptors (Lipinski definition) is 6. The third-order valence-electron chi connectivity index (χ3n) is 6.67. The Morgan fingerprint density at radius 3 is 2.42 bits per heavy atom. The van der Waals surface area contributed by atoms with Crippen LogP contribution >= 0.6 is 0 Å². The molecule has 0 unspecified atom stereocenters. The summed E-state index contributed by atoms with van der Waals surface area (Å²) in [6.07, 6.45) is 9.48. The van der Waals surface area contributed by atoms with E-state index in [0.717, 1.165) is 46.1 Å². The van der Waals surface area contributed by atoms with Gasteiger partial charge in [0, 0.05) is 43.5 Å². The summed E-state index contributed by atoms with van der Waals surface area (Å²) >= 11 is 0. The van der Waals surface area contributed by atoms with Crippen molar-refractivity contribution in [2.24, 2.45) is 0 Å². The average Bonchev–Trinajstić information content (AvgIpc) is 3.55. The van der Waals surface area contributed by atoms with Gasteiger partial charge < -0.3 is 14.5 Å². The highest BCUT2D eigenvalue weighted by atomic mass is 16.5. The minimum Gasteiger partial charge on any atom is -0.456 e. The molecule has 38 heavy (non-hydrogen) atoms. The Kier molecular flexibility index (Phi) is 5.83. The van der Waals surface area contributed by atoms with E-state index in [1.807, 2.05) is 41.2 Å². The van der Waals surface area contributed by atoms with E-state index in [4.69, 9.17) is 4.74 Å². The molecule has 190 valence electrons. The SMILES string of the molecule is CN1C=CN(c2cc(Oc3cnc4cnn(-c5cc(C(C)(C)C)ccn5)c4c3)cc(-c3ccccc3)c2)C1. The van der Waals surface area contributed by atoms with Crippen LogP contribution in [0.4, 0.5) is 5.69 Å². The van der Waals surface area contributed by atoms with Gasteiger partial charge in [-0.05, 0) is 46.4 Å². The molecule has 3 aromatic heterocycles. The number of benzene rings is 2. The fraction of sp³-hybridized carbons (Fsp3) is 0.194. The van der Waals surface area contributed by atoms with Gasteiger partial charge in [0.15, 0.2) is 5.82 Å². The van der Waals surface area contributed by atoms with Gasteiger partial charge in [-0.1, -0.05) is 51.1 Å². The fourth-order valence-electron chi connectivity index (χ4n) is 4.57. The van der Waals surface area contributed by atoms with Crippen molar-refractivity contribution in [1.29, 1.82) is 0 Å². The molecule has 0 saturated heterocycles. The number of fused-ring (bicyclic) bond motifs is 1. The first-order chi connectivity index (χ1) is 18.3. The molecule has 0 amide bonds. The standard InChI is InChI=1S/C31H30N6O/c1-31(2,3)24-10-11-32-30(16-24)37-29-18-27(19-33-28(29)20-34-37)38-26-15-23(22-8-6-5-7-9-22)14-25(17-26)36-13-12-35(4)21-36/h5-20H,21H2,1-4H3. The zero-order chi connectivity index (χ0) is 26.3. The van der Waals surface area contributed by atoms with Crippen molar-refractivity contribution < 1.29 is 4.74 Å². The first-order valence-corrected chi connectivity index (χ1v) is 12.7. The maximum Gasteiger partial charge on any atom is 0.154 e. The van der Waals surface area contributed by atoms with Gasteiger partial charge in [0.05, 0.1) is 24.6 Å². The molecule has 0 fully saturated rings. The van der Waals surface area contributed by atoms with Crippen molar-refractivity contribution in [2.45, 2.75) is 26.2 Å². The van der Waals surface area contributed by atoms with Crippen LogP contribution < -0.4 is 9.64 Å². The fourth-order valence-corrected chi connectivity index (χ4v) is 4.57. The van der Waals surface area contributed by atoms with Crippen LogP contribution in [0.25, 0.3) is 28.0 Å². The van der Waals surface area contributed by atoms with E-state index in [1.54, 1.807) is 12.4 Å². The minimum absolute atomic E-state index is 0.00792. The van der Waals surface area contributed by atoms with Gasteiger partial charge in [0.25, 0.3) is 0 Å². The van der Waals surface area contributed by atoms with Gasteiger partial charge >= 0.3 is 0 Å². The molecule has 1 aliphatic heterocycles. The molecule has 1 aliphatic rings. The average molecular weight is 503 g/mol. The van der Waals surface area contributed by atoms with Crippen molar-refractivity contribution in [1.82, 2.24) is 24.6 Å². The number of hydrogen-bond donors (Lipinski definition) is 0. The van der Waals surface area contributed by atoms with E-state index in [2.05, 4.69) is 101 Å². The molecule has 6 rings (SSSR count). The summed E-state index contributed by atoms with van der Waals surface area (Å²) in [5, 5.41) is 4.58. The van der Waals surface area contributed by atoms with Crippen molar-refractivity contribution >= 4 is 16.7 Å². The van der Waals surface area contributed by atoms with Crippen molar-refractivity contribution in [3.63, 3.8) is 0 Å². The highest BCUT2D eigenvalue weighted by molar-refractivity contribution is 5.77. The summed E-state index contributed by atoms with van der Waals surface area (Å²) in [5.41, 5.74) is 6.10. The molecule has 0 atom stereocenters. The van der Waals surface area contributed by atoms with Crippen molar-refractivity contribution in [3.05, 3.63) is 103 Å². The summed E-state index contributed by atoms with van der Waals surface area (Å²) in [4.78, 5) is 13.5. The number of pyridine rings is 2. The lowest BCUT2D eigenvalue weighted by molar-refractivity contribution is 0.479. The Morgan fingerprint density at radius 2 is 1.66 bits per heavy atom. The van der Waals surface area contributed by atoms with Crippen LogP contribution in [0.5, 0.6) is 11.5 Å². The Hall–Kier alpha value is -4.65. The topological polar surface area (TPSA) is 59.3 Å². The number of anilines is 1. The van der Waals surface area contributed by atoms with Crippen LogP contribution in [0.1, 0.15) is 26.3 Å². The summed E-state index contributed by atoms with van der Waals surface area (Å²) in [6, 6.07) is 22.8. The van der Waals surface area contributed by atoms with Crippen LogP contribution in [0.2, 0.25) is 0 Å². The van der Waals surface area contributed by atoms with Gasteiger partial charge in [0.2, 0.25) is 0 Å². The molecule has 5 aromatic rings. The first kappa shape index (κ1) is 23.7. The Bertz CT molecular complexity index is 1630. The summed E-state index contributed by atoms with van der Waals surface area (Å²) in [7, 11) is 2.06. The zero-order valence-electron chi connectivity index (χ0n) is 22.0. The summed E-state index contributed by atoms with van der Waals surface area (Å²) in [6.45, 7) is 7.35. The van der Waals surface area contributed by atoms with E-state index in [9.17, 15) is 0 Å². The molecule has 7 heteroatoms. The van der Waals surface area contributed by atoms with E-state index in [1.165, 1.54) is 5.56 Å². The van der Waals surface area contributed by atoms with E-state index >= 15 is 0 Å². The quantitative estimate of drug-likeness (QED) is 0.265. The smallest absolute Gasteiger partial charge is 0.154 e. The van der Waals surface area contributed by atoms with Gasteiger partial charge in [-0.3, -0.25) is 0 Å². The van der Waals surface area contributed by atoms with Crippen LogP contribution in [0.15, 0.2) is 97.7 Å². The molecule has 0 aliphatic carbocycles. The molecule has 0 radical (unpaired) electrons. The van der Waals surface area contributed by atoms with E-state index in [-0.39, 0.29) is 5.41 Å². The molecule has 0 bridgehead atoms. The van der Waals surface area contributed by atoms with Crippen LogP contribution in [0, 0.1) is 0 Å². The monoisotopic (exact) mass is 502 g/mol. The lowest BCUT2D eigenvalue weighted by Gasteiger charge is -2.20. The Labute approximate surface area is 222 Å². The number of nitrogens with zero attached hydrogens (tertiary/aromatic N) is 6. The molecule has 0 spiro atoms. The Balaban J connectivity index is 1.38. The predicted octanol–water partition coefficient (Wildman–Crippen LogP) is 6.75. The lowest BCUT2D eigenvalue weighted by Crippen LogP contribution is -2.21. The van der Waals surface area contributed by atoms with Crippen LogP contribution in [0.3, 0.4) is 0 Å². The maximum absolute atomic E-state index is 6.43. The second-order valence-corrected chi connectivity index (χ2v) is 10.6. The third kappa shape index (κ3) is 4.70. The van der Waals surface area contributed by atoms with Crippen LogP contribution in [-0.2, 0) is 5.41 Å². The van der Waals surface area contributed by atoms with Crippen molar-refractivity contribution in [2.75, 3.05) is 18.6 Å². The third-order valence-corrected chi connectivity index (χ3v) is 6.67. The van der Waals surface area contributed by atoms with Crippen LogP contribution in [-0.4, -0.2) is 38.4 Å². The summed E-state index contributed by atoms with van der Waals surface area (Å²) in [5.74, 6) is 2.13. The van der Waals surface area contributed by atoms with Crippen molar-refractivity contribution in [3.8, 4) is 28.4 Å². The number of ether oxygens (including phenoxy) is 1. The van der Waals surface area contributed by atoms with Gasteiger partial charge in [-0.25, -0.2) is 14.6 Å². The van der Waals surface area contributed by atoms with E-state index in [0.29, 0.717) is 5.75 Å². The second-order valence-electron chi connectivity index (χ2n) is 10.6. The Morgan fingerprint density at radius 1 is 0.816 bits per heavy atom. The number of aromatic nitrogens is 4. The predicted molar refractivity (Wildman–Crippen MR) is 152 cm³/mol. The molecular formula is C31H30N6O. The number of rotatable bonds is 5. The molecule has 4 heterocycles. The molecule has 0 N–H and O–H groups in total. The highest BCUT2D eigenvalue weighted by Gasteiger charge is 2.17. The normalized spacial score (nSPS) is 13.5. The molecule has 2 aromatic carbocycles. The zero-order valence-corrected chi connectivity index (χ0v) is 22.0. The van der Waals surface area contributed by atoms with Gasteiger partial charge in [0.1, 0.15) is 17.0 Å². The largest absolute Gasteiger partial charge is 0.456 e.